The van der Waals surface area contributed by atoms with Crippen molar-refractivity contribution in [3.8, 4) is 0 Å². The van der Waals surface area contributed by atoms with Crippen molar-refractivity contribution in [2.24, 2.45) is 0 Å². The number of benzene rings is 1. The molecule has 22 heavy (non-hydrogen) atoms. The number of hydrogen-bond acceptors (Lipinski definition) is 3. The Hall–Kier alpha value is -1.10. The highest BCUT2D eigenvalue weighted by Crippen LogP contribution is 2.36. The van der Waals surface area contributed by atoms with E-state index in [4.69, 9.17) is 4.74 Å². The predicted molar refractivity (Wildman–Crippen MR) is 89.5 cm³/mol. The molecule has 2 heterocycles. The Labute approximate surface area is 138 Å². The number of halogens is 1. The van der Waals surface area contributed by atoms with Gasteiger partial charge in [-0.15, -0.1) is 12.4 Å². The van der Waals surface area contributed by atoms with E-state index in [1.54, 1.807) is 0 Å². The Balaban J connectivity index is 0.00000176. The van der Waals surface area contributed by atoms with Gasteiger partial charge in [0.2, 0.25) is 5.91 Å². The molecule has 5 heteroatoms. The first-order valence-corrected chi connectivity index (χ1v) is 7.96. The average Bonchev–Trinajstić information content (AvgIpc) is 2.85. The van der Waals surface area contributed by atoms with Gasteiger partial charge in [-0.2, -0.15) is 0 Å². The fourth-order valence-electron chi connectivity index (χ4n) is 3.45. The number of carbonyl (C=O) groups excluding carboxylic acids is 1. The van der Waals surface area contributed by atoms with Crippen LogP contribution in [0.5, 0.6) is 0 Å². The fourth-order valence-corrected chi connectivity index (χ4v) is 3.45. The van der Waals surface area contributed by atoms with Gasteiger partial charge < -0.3 is 15.0 Å². The molecule has 0 bridgehead atoms. The molecule has 0 aliphatic carbocycles. The molecule has 0 unspecified atom stereocenters. The summed E-state index contributed by atoms with van der Waals surface area (Å²) in [5.74, 6) is 0.292. The van der Waals surface area contributed by atoms with E-state index >= 15 is 0 Å². The van der Waals surface area contributed by atoms with Gasteiger partial charge in [0, 0.05) is 32.8 Å². The molecular weight excluding hydrogens is 300 g/mol. The maximum Gasteiger partial charge on any atom is 0.233 e. The first-order valence-electron chi connectivity index (χ1n) is 7.96. The van der Waals surface area contributed by atoms with Gasteiger partial charge in [-0.3, -0.25) is 4.79 Å². The summed E-state index contributed by atoms with van der Waals surface area (Å²) in [6.07, 6.45) is 2.62. The monoisotopic (exact) mass is 324 g/mol. The van der Waals surface area contributed by atoms with Crippen LogP contribution < -0.4 is 5.32 Å². The first-order chi connectivity index (χ1) is 10.3. The highest BCUT2D eigenvalue weighted by Gasteiger charge is 2.43. The van der Waals surface area contributed by atoms with Gasteiger partial charge >= 0.3 is 0 Å². The SMILES string of the molecule is Cl.O=C(N1CCCNCC1)C1(c2ccccc2)CCOCC1. The number of nitrogens with one attached hydrogen (secondary N) is 1. The van der Waals surface area contributed by atoms with Crippen molar-refractivity contribution < 1.29 is 9.53 Å². The van der Waals surface area contributed by atoms with Crippen LogP contribution in [0.1, 0.15) is 24.8 Å². The summed E-state index contributed by atoms with van der Waals surface area (Å²) in [6, 6.07) is 10.3. The maximum absolute atomic E-state index is 13.3. The van der Waals surface area contributed by atoms with Gasteiger partial charge in [-0.1, -0.05) is 30.3 Å². The molecule has 1 N–H and O–H groups in total. The van der Waals surface area contributed by atoms with Crippen molar-refractivity contribution in [3.05, 3.63) is 35.9 Å². The topological polar surface area (TPSA) is 41.6 Å². The zero-order chi connectivity index (χ0) is 14.5. The minimum atomic E-state index is -0.385. The van der Waals surface area contributed by atoms with Crippen LogP contribution in [-0.4, -0.2) is 50.2 Å². The number of nitrogens with zero attached hydrogens (tertiary/aromatic N) is 1. The Morgan fingerprint density at radius 3 is 2.55 bits per heavy atom. The summed E-state index contributed by atoms with van der Waals surface area (Å²) in [4.78, 5) is 15.3. The standard InChI is InChI=1S/C17H24N2O2.ClH/c20-16(19-11-4-9-18-10-12-19)17(7-13-21-14-8-17)15-5-2-1-3-6-15;/h1-3,5-6,18H,4,7-14H2;1H. The summed E-state index contributed by atoms with van der Waals surface area (Å²) < 4.78 is 5.53. The third-order valence-corrected chi connectivity index (χ3v) is 4.71. The molecule has 3 rings (SSSR count). The minimum absolute atomic E-state index is 0. The van der Waals surface area contributed by atoms with Gasteiger partial charge in [-0.25, -0.2) is 0 Å². The molecule has 1 amide bonds. The number of hydrogen-bond donors (Lipinski definition) is 1. The van der Waals surface area contributed by atoms with Crippen molar-refractivity contribution in [3.63, 3.8) is 0 Å². The third kappa shape index (κ3) is 3.45. The largest absolute Gasteiger partial charge is 0.381 e. The lowest BCUT2D eigenvalue weighted by atomic mass is 9.73. The van der Waals surface area contributed by atoms with E-state index in [1.807, 2.05) is 18.2 Å². The summed E-state index contributed by atoms with van der Waals surface area (Å²) in [5.41, 5.74) is 0.764. The van der Waals surface area contributed by atoms with Crippen LogP contribution in [0, 0.1) is 0 Å². The Bertz CT molecular complexity index is 467. The number of rotatable bonds is 2. The Kier molecular flexibility index (Phi) is 6.24. The smallest absolute Gasteiger partial charge is 0.233 e. The third-order valence-electron chi connectivity index (χ3n) is 4.71. The van der Waals surface area contributed by atoms with Crippen molar-refractivity contribution in [1.82, 2.24) is 10.2 Å². The summed E-state index contributed by atoms with van der Waals surface area (Å²) >= 11 is 0. The van der Waals surface area contributed by atoms with Gasteiger partial charge in [-0.05, 0) is 31.4 Å². The molecular formula is C17H25ClN2O2. The van der Waals surface area contributed by atoms with E-state index < -0.39 is 0 Å². The van der Waals surface area contributed by atoms with E-state index in [2.05, 4.69) is 22.3 Å². The van der Waals surface area contributed by atoms with Gasteiger partial charge in [0.25, 0.3) is 0 Å². The highest BCUT2D eigenvalue weighted by molar-refractivity contribution is 5.88. The van der Waals surface area contributed by atoms with E-state index in [0.717, 1.165) is 51.0 Å². The minimum Gasteiger partial charge on any atom is -0.381 e. The van der Waals surface area contributed by atoms with Crippen LogP contribution in [0.25, 0.3) is 0 Å². The van der Waals surface area contributed by atoms with E-state index in [-0.39, 0.29) is 17.8 Å². The van der Waals surface area contributed by atoms with Gasteiger partial charge in [0.05, 0.1) is 5.41 Å². The average molecular weight is 325 g/mol. The molecule has 0 aromatic heterocycles. The van der Waals surface area contributed by atoms with Crippen LogP contribution in [0.15, 0.2) is 30.3 Å². The number of amides is 1. The summed E-state index contributed by atoms with van der Waals surface area (Å²) in [5, 5.41) is 3.37. The van der Waals surface area contributed by atoms with Crippen LogP contribution in [0.2, 0.25) is 0 Å². The molecule has 2 aliphatic rings. The van der Waals surface area contributed by atoms with Crippen LogP contribution >= 0.6 is 12.4 Å². The first kappa shape index (κ1) is 17.3. The molecule has 1 aromatic rings. The molecule has 2 fully saturated rings. The molecule has 0 atom stereocenters. The number of ether oxygens (including phenoxy) is 1. The van der Waals surface area contributed by atoms with E-state index in [1.165, 1.54) is 0 Å². The Morgan fingerprint density at radius 2 is 1.82 bits per heavy atom. The molecule has 0 spiro atoms. The Morgan fingerprint density at radius 1 is 1.09 bits per heavy atom. The molecule has 122 valence electrons. The predicted octanol–water partition coefficient (Wildman–Crippen LogP) is 1.98. The zero-order valence-corrected chi connectivity index (χ0v) is 13.7. The molecule has 0 radical (unpaired) electrons. The lowest BCUT2D eigenvalue weighted by Crippen LogP contribution is -2.50. The normalized spacial score (nSPS) is 21.5. The second-order valence-corrected chi connectivity index (χ2v) is 5.96. The second kappa shape index (κ2) is 7.95. The lowest BCUT2D eigenvalue weighted by Gasteiger charge is -2.40. The van der Waals surface area contributed by atoms with Crippen molar-refractivity contribution >= 4 is 18.3 Å². The van der Waals surface area contributed by atoms with E-state index in [9.17, 15) is 4.79 Å². The van der Waals surface area contributed by atoms with Gasteiger partial charge in [0.1, 0.15) is 0 Å². The molecule has 0 saturated carbocycles. The molecule has 4 nitrogen and oxygen atoms in total. The van der Waals surface area contributed by atoms with Crippen molar-refractivity contribution in [2.45, 2.75) is 24.7 Å². The second-order valence-electron chi connectivity index (χ2n) is 5.96. The van der Waals surface area contributed by atoms with Crippen LogP contribution in [0.3, 0.4) is 0 Å². The molecule has 2 aliphatic heterocycles. The fraction of sp³-hybridized carbons (Fsp3) is 0.588. The van der Waals surface area contributed by atoms with Crippen molar-refractivity contribution in [1.29, 1.82) is 0 Å². The maximum atomic E-state index is 13.3. The highest BCUT2D eigenvalue weighted by atomic mass is 35.5. The van der Waals surface area contributed by atoms with Crippen molar-refractivity contribution in [2.75, 3.05) is 39.4 Å². The molecule has 2 saturated heterocycles. The summed E-state index contributed by atoms with van der Waals surface area (Å²) in [6.45, 7) is 4.92. The lowest BCUT2D eigenvalue weighted by molar-refractivity contribution is -0.141. The quantitative estimate of drug-likeness (QED) is 0.904. The van der Waals surface area contributed by atoms with Crippen LogP contribution in [0.4, 0.5) is 0 Å². The zero-order valence-electron chi connectivity index (χ0n) is 12.9. The molecule has 1 aromatic carbocycles. The summed E-state index contributed by atoms with van der Waals surface area (Å²) in [7, 11) is 0. The number of carbonyl (C=O) groups is 1. The van der Waals surface area contributed by atoms with Gasteiger partial charge in [0.15, 0.2) is 0 Å². The van der Waals surface area contributed by atoms with Crippen LogP contribution in [-0.2, 0) is 14.9 Å². The van der Waals surface area contributed by atoms with E-state index in [0.29, 0.717) is 19.1 Å².